The van der Waals surface area contributed by atoms with E-state index in [9.17, 15) is 32.7 Å². The standard InChI is InChI=1S/C30H37F3N2O8/c1-28(2,3)43-27(39)35-23(14-19-8-12-21(13-9-19)40-16-22-17-41-29(4,5)42-22)25(36)34-24(26(37)38)15-18-6-10-20(11-7-18)30(31,32)33/h6-13,22-24H,14-17H2,1-5H3,(H,34,36)(H,35,39)(H,37,38)/t22?,23-,24?/m0/s1. The zero-order valence-electron chi connectivity index (χ0n) is 24.6. The van der Waals surface area contributed by atoms with Crippen molar-refractivity contribution >= 4 is 18.0 Å². The van der Waals surface area contributed by atoms with Gasteiger partial charge in [-0.1, -0.05) is 24.3 Å². The highest BCUT2D eigenvalue weighted by Gasteiger charge is 2.33. The van der Waals surface area contributed by atoms with Gasteiger partial charge < -0.3 is 34.7 Å². The summed E-state index contributed by atoms with van der Waals surface area (Å²) < 4.78 is 61.0. The van der Waals surface area contributed by atoms with E-state index in [0.717, 1.165) is 24.3 Å². The van der Waals surface area contributed by atoms with E-state index >= 15 is 0 Å². The lowest BCUT2D eigenvalue weighted by Crippen LogP contribution is -2.53. The SMILES string of the molecule is CC(C)(C)OC(=O)N[C@@H](Cc1ccc(OCC2COC(C)(C)O2)cc1)C(=O)NC(Cc1ccc(C(F)(F)F)cc1)C(=O)O. The van der Waals surface area contributed by atoms with Crippen LogP contribution in [0.1, 0.15) is 51.3 Å². The normalized spacial score (nSPS) is 17.9. The summed E-state index contributed by atoms with van der Waals surface area (Å²) in [6, 6.07) is 8.02. The molecule has 2 aromatic carbocycles. The maximum atomic E-state index is 13.3. The molecule has 0 spiro atoms. The van der Waals surface area contributed by atoms with E-state index in [2.05, 4.69) is 10.6 Å². The zero-order chi connectivity index (χ0) is 32.0. The van der Waals surface area contributed by atoms with Crippen LogP contribution in [0.2, 0.25) is 0 Å². The predicted octanol–water partition coefficient (Wildman–Crippen LogP) is 4.48. The van der Waals surface area contributed by atoms with Gasteiger partial charge in [0.05, 0.1) is 12.2 Å². The Labute approximate surface area is 247 Å². The molecular weight excluding hydrogens is 573 g/mol. The van der Waals surface area contributed by atoms with Crippen molar-refractivity contribution in [2.75, 3.05) is 13.2 Å². The van der Waals surface area contributed by atoms with Gasteiger partial charge in [-0.3, -0.25) is 4.79 Å². The Balaban J connectivity index is 1.69. The minimum Gasteiger partial charge on any atom is -0.491 e. The first kappa shape index (κ1) is 33.7. The van der Waals surface area contributed by atoms with Crippen molar-refractivity contribution in [3.05, 3.63) is 65.2 Å². The van der Waals surface area contributed by atoms with Gasteiger partial charge in [0, 0.05) is 12.8 Å². The molecule has 3 rings (SSSR count). The van der Waals surface area contributed by atoms with Crippen LogP contribution in [0.4, 0.5) is 18.0 Å². The maximum Gasteiger partial charge on any atom is 0.416 e. The monoisotopic (exact) mass is 610 g/mol. The molecule has 0 radical (unpaired) electrons. The van der Waals surface area contributed by atoms with Crippen LogP contribution in [0.25, 0.3) is 0 Å². The van der Waals surface area contributed by atoms with Crippen LogP contribution in [-0.2, 0) is 42.8 Å². The van der Waals surface area contributed by atoms with E-state index in [0.29, 0.717) is 17.9 Å². The van der Waals surface area contributed by atoms with Gasteiger partial charge in [-0.15, -0.1) is 0 Å². The molecule has 10 nitrogen and oxygen atoms in total. The molecular formula is C30H37F3N2O8. The Kier molecular flexibility index (Phi) is 10.7. The van der Waals surface area contributed by atoms with E-state index in [1.165, 1.54) is 0 Å². The van der Waals surface area contributed by atoms with E-state index in [-0.39, 0.29) is 31.1 Å². The number of hydrogen-bond donors (Lipinski definition) is 3. The number of carbonyl (C=O) groups excluding carboxylic acids is 2. The summed E-state index contributed by atoms with van der Waals surface area (Å²) in [5.41, 5.74) is -0.847. The van der Waals surface area contributed by atoms with Crippen LogP contribution < -0.4 is 15.4 Å². The summed E-state index contributed by atoms with van der Waals surface area (Å²) in [5.74, 6) is -2.34. The summed E-state index contributed by atoms with van der Waals surface area (Å²) in [5, 5.41) is 14.6. The number of nitrogens with one attached hydrogen (secondary N) is 2. The van der Waals surface area contributed by atoms with E-state index in [4.69, 9.17) is 18.9 Å². The van der Waals surface area contributed by atoms with Crippen molar-refractivity contribution < 1.29 is 51.6 Å². The van der Waals surface area contributed by atoms with Crippen LogP contribution in [0, 0.1) is 0 Å². The number of rotatable bonds is 11. The second-order valence-electron chi connectivity index (χ2n) is 11.6. The van der Waals surface area contributed by atoms with Crippen LogP contribution in [-0.4, -0.2) is 65.9 Å². The molecule has 43 heavy (non-hydrogen) atoms. The third-order valence-electron chi connectivity index (χ3n) is 6.21. The van der Waals surface area contributed by atoms with Crippen molar-refractivity contribution in [3.63, 3.8) is 0 Å². The minimum atomic E-state index is -4.54. The predicted molar refractivity (Wildman–Crippen MR) is 148 cm³/mol. The van der Waals surface area contributed by atoms with Gasteiger partial charge in [0.2, 0.25) is 5.91 Å². The van der Waals surface area contributed by atoms with E-state index in [1.54, 1.807) is 45.0 Å². The maximum absolute atomic E-state index is 13.3. The third kappa shape index (κ3) is 11.1. The van der Waals surface area contributed by atoms with Crippen LogP contribution >= 0.6 is 0 Å². The lowest BCUT2D eigenvalue weighted by molar-refractivity contribution is -0.142. The number of alkyl halides is 3. The number of carbonyl (C=O) groups is 3. The number of carboxylic acids is 1. The first-order valence-electron chi connectivity index (χ1n) is 13.6. The van der Waals surface area contributed by atoms with E-state index < -0.39 is 53.2 Å². The molecule has 13 heteroatoms. The van der Waals surface area contributed by atoms with Crippen molar-refractivity contribution in [1.82, 2.24) is 10.6 Å². The fraction of sp³-hybridized carbons (Fsp3) is 0.500. The van der Waals surface area contributed by atoms with Gasteiger partial charge in [0.1, 0.15) is 36.1 Å². The van der Waals surface area contributed by atoms with Gasteiger partial charge in [0.25, 0.3) is 0 Å². The summed E-state index contributed by atoms with van der Waals surface area (Å²) in [7, 11) is 0. The summed E-state index contributed by atoms with van der Waals surface area (Å²) in [6.45, 7) is 9.23. The molecule has 0 aliphatic carbocycles. The number of ether oxygens (including phenoxy) is 4. The number of amides is 2. The molecule has 0 aromatic heterocycles. The van der Waals surface area contributed by atoms with E-state index in [1.807, 2.05) is 13.8 Å². The average molecular weight is 611 g/mol. The molecule has 1 aliphatic heterocycles. The Morgan fingerprint density at radius 1 is 0.953 bits per heavy atom. The quantitative estimate of drug-likeness (QED) is 0.339. The second kappa shape index (κ2) is 13.6. The van der Waals surface area contributed by atoms with Crippen LogP contribution in [0.3, 0.4) is 0 Å². The average Bonchev–Trinajstić information content (AvgIpc) is 3.24. The Bertz CT molecular complexity index is 1260. The second-order valence-corrected chi connectivity index (χ2v) is 11.6. The van der Waals surface area contributed by atoms with Gasteiger partial charge in [-0.2, -0.15) is 13.2 Å². The number of alkyl carbamates (subject to hydrolysis) is 1. The lowest BCUT2D eigenvalue weighted by Gasteiger charge is -2.25. The van der Waals surface area contributed by atoms with Crippen molar-refractivity contribution in [3.8, 4) is 5.75 Å². The first-order chi connectivity index (χ1) is 19.9. The fourth-order valence-electron chi connectivity index (χ4n) is 4.19. The molecule has 2 unspecified atom stereocenters. The highest BCUT2D eigenvalue weighted by Crippen LogP contribution is 2.29. The zero-order valence-corrected chi connectivity index (χ0v) is 24.6. The number of halogens is 3. The van der Waals surface area contributed by atoms with Gasteiger partial charge >= 0.3 is 18.2 Å². The lowest BCUT2D eigenvalue weighted by atomic mass is 10.0. The number of benzene rings is 2. The molecule has 3 atom stereocenters. The molecule has 0 saturated carbocycles. The molecule has 3 N–H and O–H groups in total. The van der Waals surface area contributed by atoms with Gasteiger partial charge in [-0.05, 0) is 70.0 Å². The van der Waals surface area contributed by atoms with Crippen LogP contribution in [0.5, 0.6) is 5.75 Å². The molecule has 1 fully saturated rings. The summed E-state index contributed by atoms with van der Waals surface area (Å²) >= 11 is 0. The fourth-order valence-corrected chi connectivity index (χ4v) is 4.19. The Morgan fingerprint density at radius 3 is 2.00 bits per heavy atom. The van der Waals surface area contributed by atoms with Crippen molar-refractivity contribution in [2.24, 2.45) is 0 Å². The first-order valence-corrected chi connectivity index (χ1v) is 13.6. The molecule has 2 amide bonds. The Morgan fingerprint density at radius 2 is 1.51 bits per heavy atom. The molecule has 1 saturated heterocycles. The van der Waals surface area contributed by atoms with Gasteiger partial charge in [0.15, 0.2) is 5.79 Å². The number of aliphatic carboxylic acids is 1. The van der Waals surface area contributed by atoms with Crippen molar-refractivity contribution in [1.29, 1.82) is 0 Å². The Hall–Kier alpha value is -3.84. The van der Waals surface area contributed by atoms with Crippen LogP contribution in [0.15, 0.2) is 48.5 Å². The largest absolute Gasteiger partial charge is 0.491 e. The van der Waals surface area contributed by atoms with Gasteiger partial charge in [-0.25, -0.2) is 9.59 Å². The minimum absolute atomic E-state index is 0.0221. The highest BCUT2D eigenvalue weighted by atomic mass is 19.4. The van der Waals surface area contributed by atoms with Crippen molar-refractivity contribution in [2.45, 2.75) is 83.2 Å². The smallest absolute Gasteiger partial charge is 0.416 e. The molecule has 1 heterocycles. The molecule has 236 valence electrons. The summed E-state index contributed by atoms with van der Waals surface area (Å²) in [6.07, 6.45) is -5.96. The molecule has 1 aliphatic rings. The number of hydrogen-bond acceptors (Lipinski definition) is 7. The number of carboxylic acid groups (broad SMARTS) is 1. The molecule has 0 bridgehead atoms. The topological polar surface area (TPSA) is 132 Å². The highest BCUT2D eigenvalue weighted by molar-refractivity contribution is 5.89. The third-order valence-corrected chi connectivity index (χ3v) is 6.21. The molecule has 2 aromatic rings. The summed E-state index contributed by atoms with van der Waals surface area (Å²) in [4.78, 5) is 37.7.